The molecule has 2 aromatic heterocycles. The molecule has 0 amide bonds. The smallest absolute Gasteiger partial charge is 0.192 e. The fourth-order valence-electron chi connectivity index (χ4n) is 2.75. The minimum absolute atomic E-state index is 0.0474. The van der Waals surface area contributed by atoms with Gasteiger partial charge < -0.3 is 4.42 Å². The Bertz CT molecular complexity index is 1060. The number of benzene rings is 2. The first-order valence-corrected chi connectivity index (χ1v) is 9.99. The molecule has 7 heteroatoms. The monoisotopic (exact) mass is 409 g/mol. The number of carbonyl (C=O) groups excluding carboxylic acids is 1. The van der Waals surface area contributed by atoms with Crippen LogP contribution in [0.5, 0.6) is 0 Å². The average molecular weight is 410 g/mol. The molecular formula is C21H16ClN3O2S. The summed E-state index contributed by atoms with van der Waals surface area (Å²) in [5, 5.41) is 9.97. The van der Waals surface area contributed by atoms with Gasteiger partial charge in [-0.3, -0.25) is 9.36 Å². The zero-order valence-electron chi connectivity index (χ0n) is 14.8. The first-order chi connectivity index (χ1) is 13.7. The van der Waals surface area contributed by atoms with Crippen molar-refractivity contribution < 1.29 is 9.21 Å². The summed E-state index contributed by atoms with van der Waals surface area (Å²) in [6.45, 7) is 0.472. The van der Waals surface area contributed by atoms with Crippen LogP contribution in [0.2, 0.25) is 5.02 Å². The number of rotatable bonds is 7. The normalized spacial score (nSPS) is 10.9. The van der Waals surface area contributed by atoms with Crippen LogP contribution in [-0.4, -0.2) is 26.3 Å². The molecule has 5 nitrogen and oxygen atoms in total. The highest BCUT2D eigenvalue weighted by Gasteiger charge is 2.17. The summed E-state index contributed by atoms with van der Waals surface area (Å²) in [6, 6.07) is 20.4. The number of thioether (sulfide) groups is 1. The molecule has 0 saturated carbocycles. The molecule has 0 radical (unpaired) electrons. The molecule has 0 atom stereocenters. The number of ketones is 1. The third-order valence-corrected chi connectivity index (χ3v) is 5.36. The van der Waals surface area contributed by atoms with E-state index in [2.05, 4.69) is 10.2 Å². The first kappa shape index (κ1) is 18.5. The summed E-state index contributed by atoms with van der Waals surface area (Å²) in [6.07, 6.45) is 1.63. The van der Waals surface area contributed by atoms with E-state index in [0.717, 1.165) is 11.3 Å². The second kappa shape index (κ2) is 8.46. The van der Waals surface area contributed by atoms with Gasteiger partial charge in [0.1, 0.15) is 5.76 Å². The van der Waals surface area contributed by atoms with Gasteiger partial charge in [0.15, 0.2) is 16.8 Å². The van der Waals surface area contributed by atoms with Crippen molar-refractivity contribution in [3.8, 4) is 11.4 Å². The maximum atomic E-state index is 12.4. The molecule has 0 N–H and O–H groups in total. The Balaban J connectivity index is 1.61. The van der Waals surface area contributed by atoms with Gasteiger partial charge in [-0.1, -0.05) is 53.7 Å². The van der Waals surface area contributed by atoms with Gasteiger partial charge in [-0.2, -0.15) is 0 Å². The Kier molecular flexibility index (Phi) is 5.60. The second-order valence-electron chi connectivity index (χ2n) is 6.06. The fourth-order valence-corrected chi connectivity index (χ4v) is 3.70. The molecular weight excluding hydrogens is 394 g/mol. The van der Waals surface area contributed by atoms with E-state index >= 15 is 0 Å². The molecule has 0 saturated heterocycles. The summed E-state index contributed by atoms with van der Waals surface area (Å²) >= 11 is 7.37. The highest BCUT2D eigenvalue weighted by Crippen LogP contribution is 2.26. The highest BCUT2D eigenvalue weighted by molar-refractivity contribution is 7.99. The molecule has 0 bridgehead atoms. The van der Waals surface area contributed by atoms with Crippen molar-refractivity contribution in [3.05, 3.63) is 89.3 Å². The number of Topliss-reactive ketones (excluding diaryl/α,β-unsaturated/α-hetero) is 1. The summed E-state index contributed by atoms with van der Waals surface area (Å²) in [5.41, 5.74) is 1.58. The van der Waals surface area contributed by atoms with Crippen LogP contribution in [0, 0.1) is 0 Å². The molecule has 0 fully saturated rings. The van der Waals surface area contributed by atoms with Crippen molar-refractivity contribution in [2.45, 2.75) is 11.7 Å². The number of nitrogens with zero attached hydrogens (tertiary/aromatic N) is 3. The lowest BCUT2D eigenvalue weighted by molar-refractivity contribution is 0.102. The highest BCUT2D eigenvalue weighted by atomic mass is 35.5. The number of hydrogen-bond acceptors (Lipinski definition) is 5. The predicted octanol–water partition coefficient (Wildman–Crippen LogP) is 5.21. The Morgan fingerprint density at radius 2 is 1.79 bits per heavy atom. The maximum absolute atomic E-state index is 12.4. The molecule has 0 aliphatic carbocycles. The van der Waals surface area contributed by atoms with E-state index in [9.17, 15) is 4.79 Å². The van der Waals surface area contributed by atoms with Crippen molar-refractivity contribution in [2.24, 2.45) is 0 Å². The van der Waals surface area contributed by atoms with Gasteiger partial charge in [0.25, 0.3) is 0 Å². The molecule has 2 aromatic carbocycles. The Hall–Kier alpha value is -2.83. The Labute approximate surface area is 171 Å². The third-order valence-electron chi connectivity index (χ3n) is 4.14. The predicted molar refractivity (Wildman–Crippen MR) is 110 cm³/mol. The minimum atomic E-state index is 0.0474. The quantitative estimate of drug-likeness (QED) is 0.309. The van der Waals surface area contributed by atoms with E-state index in [1.54, 1.807) is 6.26 Å². The summed E-state index contributed by atoms with van der Waals surface area (Å²) in [4.78, 5) is 12.4. The summed E-state index contributed by atoms with van der Waals surface area (Å²) < 4.78 is 7.44. The van der Waals surface area contributed by atoms with Gasteiger partial charge in [0.05, 0.1) is 18.6 Å². The van der Waals surface area contributed by atoms with E-state index in [0.29, 0.717) is 28.1 Å². The van der Waals surface area contributed by atoms with Gasteiger partial charge in [-0.05, 0) is 36.4 Å². The van der Waals surface area contributed by atoms with E-state index in [4.69, 9.17) is 16.0 Å². The lowest BCUT2D eigenvalue weighted by Crippen LogP contribution is -2.06. The van der Waals surface area contributed by atoms with Crippen LogP contribution in [0.15, 0.2) is 82.6 Å². The Morgan fingerprint density at radius 1 is 1.00 bits per heavy atom. The van der Waals surface area contributed by atoms with Gasteiger partial charge in [-0.15, -0.1) is 10.2 Å². The standard InChI is InChI=1S/C21H16ClN3O2S/c22-17-10-8-16(9-11-17)20-23-24-21(25(20)13-18-7-4-12-27-18)28-14-19(26)15-5-2-1-3-6-15/h1-12H,13-14H2. The molecule has 140 valence electrons. The molecule has 2 heterocycles. The van der Waals surface area contributed by atoms with Crippen molar-refractivity contribution in [2.75, 3.05) is 5.75 Å². The van der Waals surface area contributed by atoms with Crippen molar-refractivity contribution in [1.82, 2.24) is 14.8 Å². The van der Waals surface area contributed by atoms with E-state index in [-0.39, 0.29) is 11.5 Å². The average Bonchev–Trinajstić information content (AvgIpc) is 3.38. The van der Waals surface area contributed by atoms with E-state index in [1.807, 2.05) is 71.3 Å². The van der Waals surface area contributed by atoms with Gasteiger partial charge >= 0.3 is 0 Å². The van der Waals surface area contributed by atoms with Crippen molar-refractivity contribution in [3.63, 3.8) is 0 Å². The Morgan fingerprint density at radius 3 is 2.50 bits per heavy atom. The number of aromatic nitrogens is 3. The zero-order valence-corrected chi connectivity index (χ0v) is 16.4. The van der Waals surface area contributed by atoms with Crippen LogP contribution in [0.25, 0.3) is 11.4 Å². The minimum Gasteiger partial charge on any atom is -0.467 e. The summed E-state index contributed by atoms with van der Waals surface area (Å²) in [5.74, 6) is 1.81. The lowest BCUT2D eigenvalue weighted by Gasteiger charge is -2.09. The molecule has 4 rings (SSSR count). The van der Waals surface area contributed by atoms with Crippen LogP contribution in [0.3, 0.4) is 0 Å². The topological polar surface area (TPSA) is 60.9 Å². The van der Waals surface area contributed by atoms with E-state index < -0.39 is 0 Å². The largest absolute Gasteiger partial charge is 0.467 e. The number of carbonyl (C=O) groups is 1. The zero-order chi connectivity index (χ0) is 19.3. The molecule has 0 unspecified atom stereocenters. The van der Waals surface area contributed by atoms with Crippen LogP contribution >= 0.6 is 23.4 Å². The van der Waals surface area contributed by atoms with Gasteiger partial charge in [0.2, 0.25) is 0 Å². The van der Waals surface area contributed by atoms with Gasteiger partial charge in [0, 0.05) is 16.1 Å². The van der Waals surface area contributed by atoms with Crippen molar-refractivity contribution in [1.29, 1.82) is 0 Å². The lowest BCUT2D eigenvalue weighted by atomic mass is 10.2. The first-order valence-electron chi connectivity index (χ1n) is 8.63. The molecule has 0 aliphatic heterocycles. The van der Waals surface area contributed by atoms with Crippen LogP contribution in [0.4, 0.5) is 0 Å². The van der Waals surface area contributed by atoms with Crippen LogP contribution in [-0.2, 0) is 6.54 Å². The molecule has 4 aromatic rings. The third kappa shape index (κ3) is 4.18. The number of halogens is 1. The SMILES string of the molecule is O=C(CSc1nnc(-c2ccc(Cl)cc2)n1Cc1ccco1)c1ccccc1. The number of furan rings is 1. The van der Waals surface area contributed by atoms with Gasteiger partial charge in [-0.25, -0.2) is 0 Å². The summed E-state index contributed by atoms with van der Waals surface area (Å²) in [7, 11) is 0. The fraction of sp³-hybridized carbons (Fsp3) is 0.0952. The van der Waals surface area contributed by atoms with Crippen LogP contribution in [0.1, 0.15) is 16.1 Å². The van der Waals surface area contributed by atoms with Crippen LogP contribution < -0.4 is 0 Å². The van der Waals surface area contributed by atoms with Crippen molar-refractivity contribution >= 4 is 29.1 Å². The molecule has 0 aliphatic rings. The molecule has 0 spiro atoms. The van der Waals surface area contributed by atoms with E-state index in [1.165, 1.54) is 11.8 Å². The molecule has 28 heavy (non-hydrogen) atoms. The number of hydrogen-bond donors (Lipinski definition) is 0. The second-order valence-corrected chi connectivity index (χ2v) is 7.44. The maximum Gasteiger partial charge on any atom is 0.192 e.